The van der Waals surface area contributed by atoms with Gasteiger partial charge in [0.25, 0.3) is 0 Å². The summed E-state index contributed by atoms with van der Waals surface area (Å²) >= 11 is 0. The molecule has 1 N–H and O–H groups in total. The van der Waals surface area contributed by atoms with Crippen LogP contribution in [0.4, 0.5) is 0 Å². The lowest BCUT2D eigenvalue weighted by atomic mass is 10.1. The van der Waals surface area contributed by atoms with Crippen molar-refractivity contribution in [2.45, 2.75) is 39.7 Å². The smallest absolute Gasteiger partial charge is 0.220 e. The lowest BCUT2D eigenvalue weighted by Crippen LogP contribution is -2.26. The SMILES string of the molecule is Cc1noc(C)c1CCC(=O)N[C@H](C)c1ccccc1. The molecule has 4 nitrogen and oxygen atoms in total. The molecule has 1 atom stereocenters. The summed E-state index contributed by atoms with van der Waals surface area (Å²) in [6.45, 7) is 5.76. The van der Waals surface area contributed by atoms with E-state index in [9.17, 15) is 4.79 Å². The van der Waals surface area contributed by atoms with Crippen molar-refractivity contribution in [2.24, 2.45) is 0 Å². The lowest BCUT2D eigenvalue weighted by Gasteiger charge is -2.14. The first-order valence-electron chi connectivity index (χ1n) is 6.84. The van der Waals surface area contributed by atoms with Gasteiger partial charge in [0.2, 0.25) is 5.91 Å². The first-order valence-corrected chi connectivity index (χ1v) is 6.84. The summed E-state index contributed by atoms with van der Waals surface area (Å²) < 4.78 is 5.10. The van der Waals surface area contributed by atoms with Gasteiger partial charge in [0.05, 0.1) is 11.7 Å². The summed E-state index contributed by atoms with van der Waals surface area (Å²) in [5, 5.41) is 6.90. The van der Waals surface area contributed by atoms with E-state index in [1.165, 1.54) is 0 Å². The van der Waals surface area contributed by atoms with E-state index in [4.69, 9.17) is 4.52 Å². The van der Waals surface area contributed by atoms with Crippen molar-refractivity contribution in [3.05, 3.63) is 52.9 Å². The van der Waals surface area contributed by atoms with Gasteiger partial charge in [-0.15, -0.1) is 0 Å². The Kier molecular flexibility index (Phi) is 4.56. The van der Waals surface area contributed by atoms with Crippen LogP contribution in [0.5, 0.6) is 0 Å². The fourth-order valence-corrected chi connectivity index (χ4v) is 2.24. The van der Waals surface area contributed by atoms with Crippen molar-refractivity contribution in [3.8, 4) is 0 Å². The Morgan fingerprint density at radius 3 is 2.60 bits per heavy atom. The molecule has 1 aromatic heterocycles. The highest BCUT2D eigenvalue weighted by Gasteiger charge is 2.13. The van der Waals surface area contributed by atoms with Crippen molar-refractivity contribution in [1.82, 2.24) is 10.5 Å². The summed E-state index contributed by atoms with van der Waals surface area (Å²) in [6.07, 6.45) is 1.11. The van der Waals surface area contributed by atoms with Gasteiger partial charge >= 0.3 is 0 Å². The molecule has 2 aromatic rings. The van der Waals surface area contributed by atoms with Crippen LogP contribution in [-0.4, -0.2) is 11.1 Å². The fraction of sp³-hybridized carbons (Fsp3) is 0.375. The summed E-state index contributed by atoms with van der Waals surface area (Å²) in [5.74, 6) is 0.841. The van der Waals surface area contributed by atoms with E-state index in [-0.39, 0.29) is 11.9 Å². The zero-order chi connectivity index (χ0) is 14.5. The Morgan fingerprint density at radius 1 is 1.30 bits per heavy atom. The minimum Gasteiger partial charge on any atom is -0.361 e. The van der Waals surface area contributed by atoms with E-state index in [0.717, 1.165) is 22.6 Å². The number of carbonyl (C=O) groups excluding carboxylic acids is 1. The molecule has 0 fully saturated rings. The van der Waals surface area contributed by atoms with Gasteiger partial charge in [-0.2, -0.15) is 0 Å². The maximum atomic E-state index is 12.0. The molecule has 1 heterocycles. The van der Waals surface area contributed by atoms with Crippen LogP contribution in [0.3, 0.4) is 0 Å². The van der Waals surface area contributed by atoms with E-state index in [1.54, 1.807) is 0 Å². The van der Waals surface area contributed by atoms with Crippen LogP contribution in [0, 0.1) is 13.8 Å². The number of carbonyl (C=O) groups is 1. The molecule has 0 bridgehead atoms. The molecule has 20 heavy (non-hydrogen) atoms. The van der Waals surface area contributed by atoms with Gasteiger partial charge in [-0.3, -0.25) is 4.79 Å². The van der Waals surface area contributed by atoms with Gasteiger partial charge < -0.3 is 9.84 Å². The molecule has 0 spiro atoms. The maximum absolute atomic E-state index is 12.0. The maximum Gasteiger partial charge on any atom is 0.220 e. The van der Waals surface area contributed by atoms with E-state index < -0.39 is 0 Å². The number of nitrogens with one attached hydrogen (secondary N) is 1. The second kappa shape index (κ2) is 6.37. The number of nitrogens with zero attached hydrogens (tertiary/aromatic N) is 1. The quantitative estimate of drug-likeness (QED) is 0.910. The Balaban J connectivity index is 1.87. The van der Waals surface area contributed by atoms with Crippen molar-refractivity contribution in [3.63, 3.8) is 0 Å². The number of hydrogen-bond acceptors (Lipinski definition) is 3. The first kappa shape index (κ1) is 14.3. The third kappa shape index (κ3) is 3.47. The van der Waals surface area contributed by atoms with Gasteiger partial charge in [0, 0.05) is 12.0 Å². The predicted molar refractivity (Wildman–Crippen MR) is 77.3 cm³/mol. The van der Waals surface area contributed by atoms with E-state index in [0.29, 0.717) is 12.8 Å². The summed E-state index contributed by atoms with van der Waals surface area (Å²) in [7, 11) is 0. The normalized spacial score (nSPS) is 12.2. The average molecular weight is 272 g/mol. The Hall–Kier alpha value is -2.10. The van der Waals surface area contributed by atoms with Crippen LogP contribution in [0.25, 0.3) is 0 Å². The number of hydrogen-bond donors (Lipinski definition) is 1. The van der Waals surface area contributed by atoms with Crippen LogP contribution in [0.2, 0.25) is 0 Å². The van der Waals surface area contributed by atoms with E-state index in [2.05, 4.69) is 10.5 Å². The van der Waals surface area contributed by atoms with Crippen molar-refractivity contribution < 1.29 is 9.32 Å². The minimum absolute atomic E-state index is 0.0216. The summed E-state index contributed by atoms with van der Waals surface area (Å²) in [6, 6.07) is 9.96. The number of amides is 1. The Bertz CT molecular complexity index is 556. The minimum atomic E-state index is 0.0216. The molecule has 0 radical (unpaired) electrons. The molecular weight excluding hydrogens is 252 g/mol. The van der Waals surface area contributed by atoms with E-state index >= 15 is 0 Å². The molecule has 1 aromatic carbocycles. The standard InChI is InChI=1S/C16H20N2O2/c1-11(14-7-5-4-6-8-14)17-16(19)10-9-15-12(2)18-20-13(15)3/h4-8,11H,9-10H2,1-3H3,(H,17,19)/t11-/m1/s1. The van der Waals surface area contributed by atoms with Crippen LogP contribution in [0.1, 0.15) is 42.0 Å². The van der Waals surface area contributed by atoms with Crippen molar-refractivity contribution in [1.29, 1.82) is 0 Å². The van der Waals surface area contributed by atoms with Gasteiger partial charge in [0.1, 0.15) is 5.76 Å². The molecule has 4 heteroatoms. The van der Waals surface area contributed by atoms with E-state index in [1.807, 2.05) is 51.1 Å². The molecule has 0 saturated carbocycles. The second-order valence-corrected chi connectivity index (χ2v) is 5.00. The molecular formula is C16H20N2O2. The fourth-order valence-electron chi connectivity index (χ4n) is 2.24. The first-order chi connectivity index (χ1) is 9.58. The van der Waals surface area contributed by atoms with Crippen LogP contribution < -0.4 is 5.32 Å². The zero-order valence-corrected chi connectivity index (χ0v) is 12.1. The topological polar surface area (TPSA) is 55.1 Å². The summed E-state index contributed by atoms with van der Waals surface area (Å²) in [4.78, 5) is 12.0. The molecule has 0 saturated heterocycles. The number of rotatable bonds is 5. The number of aromatic nitrogens is 1. The van der Waals surface area contributed by atoms with Crippen LogP contribution in [-0.2, 0) is 11.2 Å². The third-order valence-electron chi connectivity index (χ3n) is 3.46. The van der Waals surface area contributed by atoms with Crippen LogP contribution in [0.15, 0.2) is 34.9 Å². The molecule has 0 aliphatic heterocycles. The number of aryl methyl sites for hydroxylation is 2. The lowest BCUT2D eigenvalue weighted by molar-refractivity contribution is -0.121. The molecule has 0 unspecified atom stereocenters. The van der Waals surface area contributed by atoms with Gasteiger partial charge in [-0.25, -0.2) is 0 Å². The zero-order valence-electron chi connectivity index (χ0n) is 12.1. The largest absolute Gasteiger partial charge is 0.361 e. The molecule has 2 rings (SSSR count). The summed E-state index contributed by atoms with van der Waals surface area (Å²) in [5.41, 5.74) is 3.01. The Morgan fingerprint density at radius 2 is 2.00 bits per heavy atom. The van der Waals surface area contributed by atoms with Gasteiger partial charge in [-0.05, 0) is 32.8 Å². The molecule has 1 amide bonds. The predicted octanol–water partition coefficient (Wildman–Crippen LogP) is 3.10. The molecule has 106 valence electrons. The van der Waals surface area contributed by atoms with Crippen molar-refractivity contribution >= 4 is 5.91 Å². The molecule has 0 aliphatic carbocycles. The second-order valence-electron chi connectivity index (χ2n) is 5.00. The van der Waals surface area contributed by atoms with Gasteiger partial charge in [-0.1, -0.05) is 35.5 Å². The highest BCUT2D eigenvalue weighted by molar-refractivity contribution is 5.76. The van der Waals surface area contributed by atoms with Crippen molar-refractivity contribution in [2.75, 3.05) is 0 Å². The molecule has 0 aliphatic rings. The average Bonchev–Trinajstić information content (AvgIpc) is 2.77. The van der Waals surface area contributed by atoms with Crippen LogP contribution >= 0.6 is 0 Å². The number of benzene rings is 1. The van der Waals surface area contributed by atoms with Gasteiger partial charge in [0.15, 0.2) is 0 Å². The highest BCUT2D eigenvalue weighted by atomic mass is 16.5. The Labute approximate surface area is 119 Å². The highest BCUT2D eigenvalue weighted by Crippen LogP contribution is 2.15. The monoisotopic (exact) mass is 272 g/mol. The third-order valence-corrected chi connectivity index (χ3v) is 3.46.